The van der Waals surface area contributed by atoms with Crippen molar-refractivity contribution in [1.82, 2.24) is 4.98 Å². The summed E-state index contributed by atoms with van der Waals surface area (Å²) in [5, 5.41) is 5.24. The third-order valence-electron chi connectivity index (χ3n) is 4.16. The van der Waals surface area contributed by atoms with Gasteiger partial charge in [-0.1, -0.05) is 19.1 Å². The Morgan fingerprint density at radius 1 is 1.21 bits per heavy atom. The van der Waals surface area contributed by atoms with E-state index in [0.717, 1.165) is 23.4 Å². The number of benzene rings is 2. The van der Waals surface area contributed by atoms with Crippen molar-refractivity contribution in [2.45, 2.75) is 19.4 Å². The number of nitrogens with zero attached hydrogens (tertiary/aromatic N) is 1. The molecule has 2 aromatic carbocycles. The summed E-state index contributed by atoms with van der Waals surface area (Å²) in [4.78, 5) is 17.0. The van der Waals surface area contributed by atoms with Crippen molar-refractivity contribution in [3.8, 4) is 28.5 Å². The molecule has 1 amide bonds. The minimum atomic E-state index is -0.711. The number of anilines is 1. The lowest BCUT2D eigenvalue weighted by molar-refractivity contribution is -0.125. The van der Waals surface area contributed by atoms with Gasteiger partial charge in [-0.2, -0.15) is 0 Å². The Morgan fingerprint density at radius 2 is 2.00 bits per heavy atom. The lowest BCUT2D eigenvalue weighted by atomic mass is 10.2. The van der Waals surface area contributed by atoms with E-state index in [-0.39, 0.29) is 12.5 Å². The van der Waals surface area contributed by atoms with Crippen molar-refractivity contribution < 1.29 is 19.0 Å². The smallest absolute Gasteiger partial charge is 0.270 e. The molecule has 4 rings (SSSR count). The van der Waals surface area contributed by atoms with Gasteiger partial charge in [0, 0.05) is 10.9 Å². The number of nitrogens with one attached hydrogen (secondary N) is 1. The molecule has 144 valence electrons. The van der Waals surface area contributed by atoms with E-state index >= 15 is 0 Å². The molecule has 1 N–H and O–H groups in total. The zero-order chi connectivity index (χ0) is 19.3. The molecule has 1 aliphatic rings. The number of amides is 1. The zero-order valence-corrected chi connectivity index (χ0v) is 16.2. The summed E-state index contributed by atoms with van der Waals surface area (Å²) in [5.74, 6) is 1.77. The third-order valence-corrected chi connectivity index (χ3v) is 4.92. The summed E-state index contributed by atoms with van der Waals surface area (Å²) in [5.41, 5.74) is 1.76. The van der Waals surface area contributed by atoms with Crippen LogP contribution in [0.5, 0.6) is 17.2 Å². The van der Waals surface area contributed by atoms with Crippen LogP contribution in [0, 0.1) is 0 Å². The molecular formula is C21H20N2O4S. The first-order valence-corrected chi connectivity index (χ1v) is 9.99. The second kappa shape index (κ2) is 8.31. The van der Waals surface area contributed by atoms with Gasteiger partial charge in [0.15, 0.2) is 16.6 Å². The summed E-state index contributed by atoms with van der Waals surface area (Å²) in [6.45, 7) is 2.94. The van der Waals surface area contributed by atoms with Crippen molar-refractivity contribution in [2.75, 3.05) is 18.5 Å². The monoisotopic (exact) mass is 396 g/mol. The fraction of sp³-hybridized carbons (Fsp3) is 0.238. The van der Waals surface area contributed by atoms with Gasteiger partial charge < -0.3 is 14.2 Å². The number of hydrogen-bond acceptors (Lipinski definition) is 6. The summed E-state index contributed by atoms with van der Waals surface area (Å²) in [7, 11) is 0. The van der Waals surface area contributed by atoms with E-state index in [1.807, 2.05) is 47.8 Å². The molecule has 0 spiro atoms. The minimum Gasteiger partial charge on any atom is -0.494 e. The number of carbonyl (C=O) groups excluding carboxylic acids is 1. The molecule has 0 unspecified atom stereocenters. The molecule has 0 aliphatic carbocycles. The Kier molecular flexibility index (Phi) is 5.43. The van der Waals surface area contributed by atoms with Gasteiger partial charge in [-0.15, -0.1) is 11.3 Å². The van der Waals surface area contributed by atoms with Crippen molar-refractivity contribution in [3.63, 3.8) is 0 Å². The van der Waals surface area contributed by atoms with Crippen molar-refractivity contribution >= 4 is 22.4 Å². The topological polar surface area (TPSA) is 69.7 Å². The number of thiazole rings is 1. The molecule has 1 atom stereocenters. The maximum atomic E-state index is 12.5. The van der Waals surface area contributed by atoms with Crippen LogP contribution in [0.15, 0.2) is 53.9 Å². The fourth-order valence-electron chi connectivity index (χ4n) is 2.74. The van der Waals surface area contributed by atoms with E-state index in [2.05, 4.69) is 17.2 Å². The molecular weight excluding hydrogens is 376 g/mol. The summed E-state index contributed by atoms with van der Waals surface area (Å²) in [6, 6.07) is 15.1. The van der Waals surface area contributed by atoms with Crippen LogP contribution >= 0.6 is 11.3 Å². The van der Waals surface area contributed by atoms with Crippen molar-refractivity contribution in [1.29, 1.82) is 0 Å². The standard InChI is InChI=1S/C21H20N2O4S/c1-2-11-25-15-9-7-14(8-10-15)16-13-28-21(22-16)23-20(24)19-12-26-17-5-3-4-6-18(17)27-19/h3-10,13,19H,2,11-12H2,1H3,(H,22,23,24)/t19-/m0/s1. The second-order valence-corrected chi connectivity index (χ2v) is 7.12. The van der Waals surface area contributed by atoms with Crippen LogP contribution in [0.4, 0.5) is 5.13 Å². The van der Waals surface area contributed by atoms with Crippen LogP contribution in [0.3, 0.4) is 0 Å². The van der Waals surface area contributed by atoms with Gasteiger partial charge in [0.05, 0.1) is 12.3 Å². The van der Waals surface area contributed by atoms with E-state index < -0.39 is 6.10 Å². The van der Waals surface area contributed by atoms with Crippen molar-refractivity contribution in [3.05, 3.63) is 53.9 Å². The maximum absolute atomic E-state index is 12.5. The normalized spacial score (nSPS) is 15.1. The molecule has 0 saturated carbocycles. The zero-order valence-electron chi connectivity index (χ0n) is 15.4. The lowest BCUT2D eigenvalue weighted by Gasteiger charge is -2.25. The number of aromatic nitrogens is 1. The molecule has 0 radical (unpaired) electrons. The van der Waals surface area contributed by atoms with Gasteiger partial charge in [-0.3, -0.25) is 10.1 Å². The number of hydrogen-bond donors (Lipinski definition) is 1. The highest BCUT2D eigenvalue weighted by Gasteiger charge is 2.27. The number of para-hydroxylation sites is 2. The van der Waals surface area contributed by atoms with E-state index in [0.29, 0.717) is 23.2 Å². The summed E-state index contributed by atoms with van der Waals surface area (Å²) in [6.07, 6.45) is 0.260. The average molecular weight is 396 g/mol. The van der Waals surface area contributed by atoms with Crippen molar-refractivity contribution in [2.24, 2.45) is 0 Å². The molecule has 1 aliphatic heterocycles. The Morgan fingerprint density at radius 3 is 2.79 bits per heavy atom. The van der Waals surface area contributed by atoms with Gasteiger partial charge in [-0.25, -0.2) is 4.98 Å². The fourth-order valence-corrected chi connectivity index (χ4v) is 3.46. The SMILES string of the molecule is CCCOc1ccc(-c2csc(NC(=O)[C@@H]3COc4ccccc4O3)n2)cc1. The molecule has 0 fully saturated rings. The molecule has 0 saturated heterocycles. The highest BCUT2D eigenvalue weighted by Crippen LogP contribution is 2.31. The van der Waals surface area contributed by atoms with E-state index in [1.54, 1.807) is 6.07 Å². The van der Waals surface area contributed by atoms with Gasteiger partial charge in [0.1, 0.15) is 12.4 Å². The van der Waals surface area contributed by atoms with E-state index in [9.17, 15) is 4.79 Å². The predicted molar refractivity (Wildman–Crippen MR) is 108 cm³/mol. The second-order valence-electron chi connectivity index (χ2n) is 6.26. The summed E-state index contributed by atoms with van der Waals surface area (Å²) >= 11 is 1.37. The largest absolute Gasteiger partial charge is 0.494 e. The molecule has 28 heavy (non-hydrogen) atoms. The van der Waals surface area contributed by atoms with Crippen LogP contribution in [-0.4, -0.2) is 30.2 Å². The molecule has 3 aromatic rings. The first kappa shape index (κ1) is 18.3. The van der Waals surface area contributed by atoms with E-state index in [1.165, 1.54) is 11.3 Å². The van der Waals surface area contributed by atoms with Gasteiger partial charge in [-0.05, 0) is 42.8 Å². The maximum Gasteiger partial charge on any atom is 0.270 e. The van der Waals surface area contributed by atoms with Gasteiger partial charge >= 0.3 is 0 Å². The Bertz CT molecular complexity index is 955. The molecule has 6 nitrogen and oxygen atoms in total. The van der Waals surface area contributed by atoms with Crippen LogP contribution in [-0.2, 0) is 4.79 Å². The average Bonchev–Trinajstić information content (AvgIpc) is 3.20. The number of fused-ring (bicyclic) bond motifs is 1. The van der Waals surface area contributed by atoms with Crippen LogP contribution in [0.2, 0.25) is 0 Å². The number of carbonyl (C=O) groups is 1. The van der Waals surface area contributed by atoms with E-state index in [4.69, 9.17) is 14.2 Å². The highest BCUT2D eigenvalue weighted by molar-refractivity contribution is 7.14. The highest BCUT2D eigenvalue weighted by atomic mass is 32.1. The molecule has 7 heteroatoms. The quantitative estimate of drug-likeness (QED) is 0.670. The first-order valence-electron chi connectivity index (χ1n) is 9.11. The van der Waals surface area contributed by atoms with Crippen LogP contribution in [0.1, 0.15) is 13.3 Å². The molecule has 0 bridgehead atoms. The Hall–Kier alpha value is -3.06. The molecule has 1 aromatic heterocycles. The van der Waals surface area contributed by atoms with Crippen LogP contribution in [0.25, 0.3) is 11.3 Å². The molecule has 2 heterocycles. The Balaban J connectivity index is 1.39. The minimum absolute atomic E-state index is 0.167. The summed E-state index contributed by atoms with van der Waals surface area (Å²) < 4.78 is 16.9. The number of rotatable bonds is 6. The first-order chi connectivity index (χ1) is 13.7. The Labute approximate surface area is 167 Å². The van der Waals surface area contributed by atoms with Gasteiger partial charge in [0.25, 0.3) is 5.91 Å². The van der Waals surface area contributed by atoms with Crippen LogP contribution < -0.4 is 19.5 Å². The lowest BCUT2D eigenvalue weighted by Crippen LogP contribution is -2.40. The third kappa shape index (κ3) is 4.09. The van der Waals surface area contributed by atoms with Gasteiger partial charge in [0.2, 0.25) is 6.10 Å². The number of ether oxygens (including phenoxy) is 3. The predicted octanol–water partition coefficient (Wildman–Crippen LogP) is 4.38.